The highest BCUT2D eigenvalue weighted by molar-refractivity contribution is 6.46. The van der Waals surface area contributed by atoms with Crippen LogP contribution >= 0.6 is 0 Å². The van der Waals surface area contributed by atoms with Gasteiger partial charge in [-0.05, 0) is 42.3 Å². The number of carbonyl (C=O) groups is 2. The molecule has 1 aliphatic heterocycles. The number of hydrogen-bond donors (Lipinski definition) is 1. The Hall–Kier alpha value is -3.39. The fourth-order valence-electron chi connectivity index (χ4n) is 3.53. The molecule has 1 aromatic carbocycles. The van der Waals surface area contributed by atoms with E-state index in [1.807, 2.05) is 0 Å². The van der Waals surface area contributed by atoms with Crippen LogP contribution < -0.4 is 9.47 Å². The Morgan fingerprint density at radius 1 is 1.10 bits per heavy atom. The normalized spacial score (nSPS) is 18.0. The quantitative estimate of drug-likeness (QED) is 0.308. The van der Waals surface area contributed by atoms with Crippen LogP contribution in [-0.4, -0.2) is 61.2 Å². The molecule has 0 spiro atoms. The van der Waals surface area contributed by atoms with Gasteiger partial charge in [0.25, 0.3) is 11.7 Å². The molecule has 8 heteroatoms. The molecule has 3 rings (SSSR count). The fourth-order valence-corrected chi connectivity index (χ4v) is 3.53. The summed E-state index contributed by atoms with van der Waals surface area (Å²) in [4.78, 5) is 31.3. The number of aliphatic hydroxyl groups is 1. The first kappa shape index (κ1) is 21.3. The summed E-state index contributed by atoms with van der Waals surface area (Å²) in [5.74, 6) is -0.910. The molecular formula is C22H24N2O6. The largest absolute Gasteiger partial charge is 0.507 e. The van der Waals surface area contributed by atoms with Crippen molar-refractivity contribution in [2.24, 2.45) is 0 Å². The van der Waals surface area contributed by atoms with E-state index in [4.69, 9.17) is 14.2 Å². The van der Waals surface area contributed by atoms with Crippen LogP contribution in [0, 0.1) is 0 Å². The Bertz CT molecular complexity index is 957. The number of Topliss-reactive ketones (excluding diaryl/α,β-unsaturated/α-hetero) is 1. The van der Waals surface area contributed by atoms with Crippen LogP contribution in [0.3, 0.4) is 0 Å². The van der Waals surface area contributed by atoms with Crippen LogP contribution in [-0.2, 0) is 14.3 Å². The first-order chi connectivity index (χ1) is 14.5. The standard InChI is InChI=1S/C22H24N2O6/c1-28-12-4-11-24-19(14-7-9-23-10-8-14)18(21(26)22(24)27)20(25)16-13-15(29-2)5-6-17(16)30-3/h5-10,13,19,25H,4,11-12H2,1-3H3/b20-18+. The van der Waals surface area contributed by atoms with E-state index in [-0.39, 0.29) is 16.9 Å². The highest BCUT2D eigenvalue weighted by Gasteiger charge is 2.46. The van der Waals surface area contributed by atoms with E-state index < -0.39 is 17.7 Å². The van der Waals surface area contributed by atoms with Gasteiger partial charge in [0.2, 0.25) is 0 Å². The average molecular weight is 412 g/mol. The molecule has 0 saturated carbocycles. The summed E-state index contributed by atoms with van der Waals surface area (Å²) < 4.78 is 15.7. The van der Waals surface area contributed by atoms with Crippen molar-refractivity contribution in [3.63, 3.8) is 0 Å². The molecule has 1 aliphatic rings. The molecule has 0 bridgehead atoms. The molecule has 1 aromatic heterocycles. The number of likely N-dealkylation sites (tertiary alicyclic amines) is 1. The van der Waals surface area contributed by atoms with Gasteiger partial charge in [-0.25, -0.2) is 0 Å². The maximum absolute atomic E-state index is 13.0. The van der Waals surface area contributed by atoms with Crippen molar-refractivity contribution in [1.82, 2.24) is 9.88 Å². The van der Waals surface area contributed by atoms with E-state index in [1.54, 1.807) is 49.8 Å². The summed E-state index contributed by atoms with van der Waals surface area (Å²) in [7, 11) is 4.53. The van der Waals surface area contributed by atoms with Gasteiger partial charge < -0.3 is 24.2 Å². The molecule has 2 aromatic rings. The van der Waals surface area contributed by atoms with Crippen LogP contribution in [0.4, 0.5) is 0 Å². The number of nitrogens with zero attached hydrogens (tertiary/aromatic N) is 2. The predicted molar refractivity (Wildman–Crippen MR) is 109 cm³/mol. The van der Waals surface area contributed by atoms with E-state index in [1.165, 1.54) is 19.1 Å². The minimum absolute atomic E-state index is 0.00447. The zero-order valence-corrected chi connectivity index (χ0v) is 17.1. The van der Waals surface area contributed by atoms with Crippen molar-refractivity contribution >= 4 is 17.4 Å². The van der Waals surface area contributed by atoms with Gasteiger partial charge in [0, 0.05) is 32.7 Å². The van der Waals surface area contributed by atoms with Gasteiger partial charge in [0.15, 0.2) is 0 Å². The number of rotatable bonds is 8. The molecule has 8 nitrogen and oxygen atoms in total. The highest BCUT2D eigenvalue weighted by atomic mass is 16.5. The van der Waals surface area contributed by atoms with Gasteiger partial charge in [0.05, 0.1) is 31.4 Å². The number of pyridine rings is 1. The van der Waals surface area contributed by atoms with Gasteiger partial charge >= 0.3 is 0 Å². The van der Waals surface area contributed by atoms with Gasteiger partial charge in [-0.1, -0.05) is 0 Å². The SMILES string of the molecule is COCCCN1C(=O)C(=O)/C(=C(/O)c2cc(OC)ccc2OC)C1c1ccncc1. The smallest absolute Gasteiger partial charge is 0.295 e. The zero-order chi connectivity index (χ0) is 21.7. The molecule has 158 valence electrons. The highest BCUT2D eigenvalue weighted by Crippen LogP contribution is 2.41. The molecule has 0 radical (unpaired) electrons. The molecule has 1 amide bonds. The third-order valence-corrected chi connectivity index (χ3v) is 4.97. The minimum Gasteiger partial charge on any atom is -0.507 e. The molecule has 30 heavy (non-hydrogen) atoms. The molecule has 1 fully saturated rings. The molecule has 1 saturated heterocycles. The number of benzene rings is 1. The van der Waals surface area contributed by atoms with Crippen molar-refractivity contribution in [3.05, 3.63) is 59.4 Å². The van der Waals surface area contributed by atoms with Crippen LogP contribution in [0.2, 0.25) is 0 Å². The van der Waals surface area contributed by atoms with E-state index in [2.05, 4.69) is 4.98 Å². The lowest BCUT2D eigenvalue weighted by atomic mass is 9.95. The van der Waals surface area contributed by atoms with Crippen molar-refractivity contribution < 1.29 is 28.9 Å². The fraction of sp³-hybridized carbons (Fsp3) is 0.318. The summed E-state index contributed by atoms with van der Waals surface area (Å²) in [5, 5.41) is 11.2. The Morgan fingerprint density at radius 2 is 1.83 bits per heavy atom. The van der Waals surface area contributed by atoms with Gasteiger partial charge in [0.1, 0.15) is 17.3 Å². The van der Waals surface area contributed by atoms with Crippen molar-refractivity contribution in [2.45, 2.75) is 12.5 Å². The lowest BCUT2D eigenvalue weighted by Gasteiger charge is -2.25. The number of ketones is 1. The molecule has 1 unspecified atom stereocenters. The van der Waals surface area contributed by atoms with E-state index >= 15 is 0 Å². The predicted octanol–water partition coefficient (Wildman–Crippen LogP) is 2.56. The van der Waals surface area contributed by atoms with Gasteiger partial charge in [-0.3, -0.25) is 14.6 Å². The van der Waals surface area contributed by atoms with Crippen LogP contribution in [0.15, 0.2) is 48.3 Å². The Labute approximate surface area is 174 Å². The number of methoxy groups -OCH3 is 3. The molecule has 2 heterocycles. The van der Waals surface area contributed by atoms with E-state index in [0.717, 1.165) is 0 Å². The second-order valence-electron chi connectivity index (χ2n) is 6.69. The maximum atomic E-state index is 13.0. The number of aliphatic hydroxyl groups excluding tert-OH is 1. The number of hydrogen-bond acceptors (Lipinski definition) is 7. The molecule has 1 atom stereocenters. The third-order valence-electron chi connectivity index (χ3n) is 4.97. The minimum atomic E-state index is -0.753. The topological polar surface area (TPSA) is 98.2 Å². The van der Waals surface area contributed by atoms with E-state index in [9.17, 15) is 14.7 Å². The first-order valence-corrected chi connectivity index (χ1v) is 9.43. The summed E-state index contributed by atoms with van der Waals surface area (Å²) in [5.41, 5.74) is 0.936. The van der Waals surface area contributed by atoms with Crippen molar-refractivity contribution in [2.75, 3.05) is 34.5 Å². The first-order valence-electron chi connectivity index (χ1n) is 9.43. The van der Waals surface area contributed by atoms with E-state index in [0.29, 0.717) is 36.6 Å². The summed E-state index contributed by atoms with van der Waals surface area (Å²) in [6.45, 7) is 0.743. The maximum Gasteiger partial charge on any atom is 0.295 e. The van der Waals surface area contributed by atoms with Crippen LogP contribution in [0.25, 0.3) is 5.76 Å². The number of ether oxygens (including phenoxy) is 3. The zero-order valence-electron chi connectivity index (χ0n) is 17.1. The number of aromatic nitrogens is 1. The van der Waals surface area contributed by atoms with Crippen LogP contribution in [0.1, 0.15) is 23.6 Å². The van der Waals surface area contributed by atoms with Gasteiger partial charge in [-0.2, -0.15) is 0 Å². The number of amides is 1. The Balaban J connectivity index is 2.17. The summed E-state index contributed by atoms with van der Waals surface area (Å²) >= 11 is 0. The summed E-state index contributed by atoms with van der Waals surface area (Å²) in [6, 6.07) is 7.56. The second kappa shape index (κ2) is 9.41. The third kappa shape index (κ3) is 3.99. The average Bonchev–Trinajstić information content (AvgIpc) is 3.04. The second-order valence-corrected chi connectivity index (χ2v) is 6.69. The number of carbonyl (C=O) groups excluding carboxylic acids is 2. The van der Waals surface area contributed by atoms with Crippen molar-refractivity contribution in [1.29, 1.82) is 0 Å². The monoisotopic (exact) mass is 412 g/mol. The van der Waals surface area contributed by atoms with Crippen molar-refractivity contribution in [3.8, 4) is 11.5 Å². The molecule has 1 N–H and O–H groups in total. The lowest BCUT2D eigenvalue weighted by molar-refractivity contribution is -0.140. The molecule has 0 aliphatic carbocycles. The van der Waals surface area contributed by atoms with Gasteiger partial charge in [-0.15, -0.1) is 0 Å². The summed E-state index contributed by atoms with van der Waals surface area (Å²) in [6.07, 6.45) is 3.71. The Kier molecular flexibility index (Phi) is 6.68. The molecular weight excluding hydrogens is 388 g/mol. The lowest BCUT2D eigenvalue weighted by Crippen LogP contribution is -2.31. The van der Waals surface area contributed by atoms with Crippen LogP contribution in [0.5, 0.6) is 11.5 Å². The Morgan fingerprint density at radius 3 is 2.47 bits per heavy atom.